The Bertz CT molecular complexity index is 520. The van der Waals surface area contributed by atoms with E-state index in [0.29, 0.717) is 17.3 Å². The summed E-state index contributed by atoms with van der Waals surface area (Å²) < 4.78 is 5.22. The molecule has 2 atom stereocenters. The highest BCUT2D eigenvalue weighted by Crippen LogP contribution is 2.25. The number of methoxy groups -OCH3 is 1. The van der Waals surface area contributed by atoms with Crippen molar-refractivity contribution < 1.29 is 9.84 Å². The molecule has 0 radical (unpaired) electrons. The van der Waals surface area contributed by atoms with Gasteiger partial charge in [0, 0.05) is 19.7 Å². The van der Waals surface area contributed by atoms with Gasteiger partial charge >= 0.3 is 0 Å². The molecule has 124 valence electrons. The van der Waals surface area contributed by atoms with Crippen LogP contribution in [-0.2, 0) is 4.74 Å². The average molecular weight is 330 g/mol. The maximum Gasteiger partial charge on any atom is 0.223 e. The number of nitrogens with zero attached hydrogens (tertiary/aromatic N) is 3. The molecule has 1 aromatic heterocycles. The molecular formula is C14H24ClN5O2. The minimum atomic E-state index is 0.0659. The van der Waals surface area contributed by atoms with Crippen LogP contribution < -0.4 is 11.1 Å². The Morgan fingerprint density at radius 1 is 1.50 bits per heavy atom. The van der Waals surface area contributed by atoms with Crippen LogP contribution in [0, 0.1) is 5.92 Å². The number of rotatable bonds is 7. The molecule has 4 N–H and O–H groups in total. The van der Waals surface area contributed by atoms with Crippen molar-refractivity contribution in [3.05, 3.63) is 10.7 Å². The molecule has 0 amide bonds. The number of nitrogens with two attached hydrogens (primary N) is 1. The third kappa shape index (κ3) is 4.71. The summed E-state index contributed by atoms with van der Waals surface area (Å²) in [6.07, 6.45) is 1.70. The normalized spacial score (nSPS) is 14.5. The smallest absolute Gasteiger partial charge is 0.223 e. The Kier molecular flexibility index (Phi) is 7.34. The number of anilines is 2. The van der Waals surface area contributed by atoms with Crippen molar-refractivity contribution in [2.45, 2.75) is 32.7 Å². The van der Waals surface area contributed by atoms with Gasteiger partial charge in [-0.1, -0.05) is 24.9 Å². The molecule has 8 heteroatoms. The molecule has 0 saturated heterocycles. The number of aromatic nitrogens is 2. The summed E-state index contributed by atoms with van der Waals surface area (Å²) in [6, 6.07) is 0.0659. The Labute approximate surface area is 136 Å². The van der Waals surface area contributed by atoms with Crippen molar-refractivity contribution in [2.75, 3.05) is 31.8 Å². The first-order chi connectivity index (χ1) is 10.5. The van der Waals surface area contributed by atoms with Gasteiger partial charge in [0.15, 0.2) is 0 Å². The summed E-state index contributed by atoms with van der Waals surface area (Å²) in [5, 5.41) is 12.7. The maximum absolute atomic E-state index is 9.31. The number of nitrogen functional groups attached to an aromatic ring is 1. The van der Waals surface area contributed by atoms with E-state index in [1.807, 2.05) is 13.8 Å². The SMILES string of the molecule is CCC(CO)CC(C)Nc1nc(N)nc(Cl)c1C(=NC)OC. The molecule has 0 spiro atoms. The van der Waals surface area contributed by atoms with E-state index in [1.54, 1.807) is 7.05 Å². The van der Waals surface area contributed by atoms with Gasteiger partial charge in [-0.05, 0) is 19.3 Å². The fourth-order valence-corrected chi connectivity index (χ4v) is 2.47. The van der Waals surface area contributed by atoms with Crippen LogP contribution in [0.4, 0.5) is 11.8 Å². The molecule has 0 aromatic carbocycles. The monoisotopic (exact) mass is 329 g/mol. The fourth-order valence-electron chi connectivity index (χ4n) is 2.21. The molecule has 0 aliphatic rings. The molecular weight excluding hydrogens is 306 g/mol. The molecule has 7 nitrogen and oxygen atoms in total. The van der Waals surface area contributed by atoms with Crippen molar-refractivity contribution in [1.29, 1.82) is 0 Å². The van der Waals surface area contributed by atoms with Crippen LogP contribution in [0.25, 0.3) is 0 Å². The lowest BCUT2D eigenvalue weighted by atomic mass is 9.99. The highest BCUT2D eigenvalue weighted by atomic mass is 35.5. The van der Waals surface area contributed by atoms with Crippen molar-refractivity contribution in [3.8, 4) is 0 Å². The van der Waals surface area contributed by atoms with Gasteiger partial charge < -0.3 is 20.9 Å². The summed E-state index contributed by atoms with van der Waals surface area (Å²) in [6.45, 7) is 4.21. The highest BCUT2D eigenvalue weighted by molar-refractivity contribution is 6.33. The Hall–Kier alpha value is -1.60. The van der Waals surface area contributed by atoms with E-state index >= 15 is 0 Å². The van der Waals surface area contributed by atoms with Crippen molar-refractivity contribution in [3.63, 3.8) is 0 Å². The van der Waals surface area contributed by atoms with Crippen LogP contribution in [0.5, 0.6) is 0 Å². The Morgan fingerprint density at radius 2 is 2.18 bits per heavy atom. The van der Waals surface area contributed by atoms with Gasteiger partial charge in [-0.15, -0.1) is 0 Å². The van der Waals surface area contributed by atoms with Crippen molar-refractivity contribution in [1.82, 2.24) is 9.97 Å². The number of hydrogen-bond donors (Lipinski definition) is 3. The molecule has 0 aliphatic heterocycles. The third-order valence-electron chi connectivity index (χ3n) is 3.40. The highest BCUT2D eigenvalue weighted by Gasteiger charge is 2.20. The van der Waals surface area contributed by atoms with Crippen LogP contribution in [0.2, 0.25) is 5.15 Å². The second kappa shape index (κ2) is 8.75. The largest absolute Gasteiger partial charge is 0.481 e. The molecule has 0 saturated carbocycles. The molecule has 1 rings (SSSR count). The first kappa shape index (κ1) is 18.4. The average Bonchev–Trinajstić information content (AvgIpc) is 2.48. The zero-order valence-corrected chi connectivity index (χ0v) is 14.2. The minimum Gasteiger partial charge on any atom is -0.481 e. The van der Waals surface area contributed by atoms with Crippen molar-refractivity contribution in [2.24, 2.45) is 10.9 Å². The predicted molar refractivity (Wildman–Crippen MR) is 89.5 cm³/mol. The second-order valence-corrected chi connectivity index (χ2v) is 5.43. The molecule has 0 fully saturated rings. The van der Waals surface area contributed by atoms with Crippen LogP contribution in [0.1, 0.15) is 32.3 Å². The van der Waals surface area contributed by atoms with E-state index < -0.39 is 0 Å². The number of aliphatic imine (C=N–C) groups is 1. The number of hydrogen-bond acceptors (Lipinski definition) is 7. The molecule has 0 bridgehead atoms. The Balaban J connectivity index is 3.07. The summed E-state index contributed by atoms with van der Waals surface area (Å²) in [5.74, 6) is 1.10. The molecule has 22 heavy (non-hydrogen) atoms. The van der Waals surface area contributed by atoms with E-state index in [9.17, 15) is 5.11 Å². The number of aliphatic hydroxyl groups excluding tert-OH is 1. The van der Waals surface area contributed by atoms with Crippen LogP contribution >= 0.6 is 11.6 Å². The first-order valence-corrected chi connectivity index (χ1v) is 7.56. The van der Waals surface area contributed by atoms with E-state index in [1.165, 1.54) is 7.11 Å². The van der Waals surface area contributed by atoms with Crippen LogP contribution in [0.3, 0.4) is 0 Å². The maximum atomic E-state index is 9.31. The van der Waals surface area contributed by atoms with E-state index in [-0.39, 0.29) is 29.7 Å². The van der Waals surface area contributed by atoms with Crippen molar-refractivity contribution >= 4 is 29.3 Å². The number of aliphatic hydroxyl groups is 1. The van der Waals surface area contributed by atoms with Gasteiger partial charge in [0.1, 0.15) is 16.5 Å². The lowest BCUT2D eigenvalue weighted by Crippen LogP contribution is -2.24. The van der Waals surface area contributed by atoms with E-state index in [4.69, 9.17) is 22.1 Å². The van der Waals surface area contributed by atoms with Gasteiger partial charge in [-0.2, -0.15) is 4.98 Å². The van der Waals surface area contributed by atoms with Gasteiger partial charge in [-0.25, -0.2) is 4.98 Å². The third-order valence-corrected chi connectivity index (χ3v) is 3.67. The molecule has 1 aromatic rings. The fraction of sp³-hybridized carbons (Fsp3) is 0.643. The molecule has 2 unspecified atom stereocenters. The summed E-state index contributed by atoms with van der Waals surface area (Å²) in [5.41, 5.74) is 6.15. The zero-order valence-electron chi connectivity index (χ0n) is 13.4. The standard InChI is InChI=1S/C14H24ClN5O2/c1-5-9(7-21)6-8(2)18-12-10(13(17-3)22-4)11(15)19-14(16)20-12/h8-9,21H,5-7H2,1-4H3,(H3,16,18,19,20). The number of nitrogens with one attached hydrogen (secondary N) is 1. The zero-order chi connectivity index (χ0) is 16.7. The van der Waals surface area contributed by atoms with Crippen LogP contribution in [-0.4, -0.2) is 47.8 Å². The quantitative estimate of drug-likeness (QED) is 0.401. The summed E-state index contributed by atoms with van der Waals surface area (Å²) in [7, 11) is 3.10. The van der Waals surface area contributed by atoms with Gasteiger partial charge in [-0.3, -0.25) is 4.99 Å². The summed E-state index contributed by atoms with van der Waals surface area (Å²) in [4.78, 5) is 12.2. The first-order valence-electron chi connectivity index (χ1n) is 7.18. The minimum absolute atomic E-state index is 0.0659. The Morgan fingerprint density at radius 3 is 2.68 bits per heavy atom. The number of halogens is 1. The van der Waals surface area contributed by atoms with Gasteiger partial charge in [0.25, 0.3) is 0 Å². The lowest BCUT2D eigenvalue weighted by molar-refractivity contribution is 0.211. The lowest BCUT2D eigenvalue weighted by Gasteiger charge is -2.21. The predicted octanol–water partition coefficient (Wildman–Crippen LogP) is 1.94. The topological polar surface area (TPSA) is 106 Å². The number of ether oxygens (including phenoxy) is 1. The van der Waals surface area contributed by atoms with E-state index in [0.717, 1.165) is 12.8 Å². The summed E-state index contributed by atoms with van der Waals surface area (Å²) >= 11 is 6.16. The van der Waals surface area contributed by atoms with Gasteiger partial charge in [0.2, 0.25) is 11.8 Å². The molecule has 1 heterocycles. The van der Waals surface area contributed by atoms with Crippen LogP contribution in [0.15, 0.2) is 4.99 Å². The molecule has 0 aliphatic carbocycles. The van der Waals surface area contributed by atoms with E-state index in [2.05, 4.69) is 20.3 Å². The second-order valence-electron chi connectivity index (χ2n) is 5.07. The van der Waals surface area contributed by atoms with Gasteiger partial charge in [0.05, 0.1) is 7.11 Å².